The first-order valence-corrected chi connectivity index (χ1v) is 5.60. The maximum absolute atomic E-state index is 5.73. The zero-order valence-corrected chi connectivity index (χ0v) is 10.1. The van der Waals surface area contributed by atoms with Gasteiger partial charge < -0.3 is 10.1 Å². The summed E-state index contributed by atoms with van der Waals surface area (Å²) >= 11 is 11.4. The highest BCUT2D eigenvalue weighted by Crippen LogP contribution is 2.11. The highest BCUT2D eigenvalue weighted by molar-refractivity contribution is 6.30. The van der Waals surface area contributed by atoms with E-state index in [9.17, 15) is 0 Å². The van der Waals surface area contributed by atoms with Crippen molar-refractivity contribution < 1.29 is 4.74 Å². The summed E-state index contributed by atoms with van der Waals surface area (Å²) in [6.45, 7) is 0.608. The summed E-state index contributed by atoms with van der Waals surface area (Å²) in [6.07, 6.45) is 2.44. The van der Waals surface area contributed by atoms with Crippen molar-refractivity contribution in [3.8, 4) is 0 Å². The number of rotatable bonds is 6. The number of halogens is 2. The largest absolute Gasteiger partial charge is 0.383 e. The molecular weight excluding hydrogens is 235 g/mol. The van der Waals surface area contributed by atoms with Crippen LogP contribution in [-0.4, -0.2) is 30.6 Å². The van der Waals surface area contributed by atoms with Gasteiger partial charge >= 0.3 is 0 Å². The van der Waals surface area contributed by atoms with Crippen LogP contribution in [0.5, 0.6) is 0 Å². The molecule has 0 aliphatic rings. The van der Waals surface area contributed by atoms with Crippen molar-refractivity contribution in [2.24, 2.45) is 0 Å². The van der Waals surface area contributed by atoms with E-state index in [1.807, 2.05) is 6.07 Å². The van der Waals surface area contributed by atoms with E-state index in [0.717, 1.165) is 12.2 Å². The first-order chi connectivity index (χ1) is 7.26. The van der Waals surface area contributed by atoms with Gasteiger partial charge in [-0.1, -0.05) is 11.6 Å². The lowest BCUT2D eigenvalue weighted by atomic mass is 10.2. The van der Waals surface area contributed by atoms with Crippen molar-refractivity contribution in [3.63, 3.8) is 0 Å². The number of aromatic nitrogens is 1. The van der Waals surface area contributed by atoms with E-state index >= 15 is 0 Å². The average Bonchev–Trinajstić information content (AvgIpc) is 2.22. The Hall–Kier alpha value is -0.510. The van der Waals surface area contributed by atoms with Crippen LogP contribution in [0.2, 0.25) is 5.02 Å². The number of alkyl halides is 1. The van der Waals surface area contributed by atoms with Gasteiger partial charge in [0, 0.05) is 19.2 Å². The second-order valence-corrected chi connectivity index (χ2v) is 3.95. The highest BCUT2D eigenvalue weighted by Gasteiger charge is 2.07. The summed E-state index contributed by atoms with van der Waals surface area (Å²) in [5.74, 6) is 1.38. The molecule has 5 heteroatoms. The van der Waals surface area contributed by atoms with E-state index in [-0.39, 0.29) is 6.04 Å². The first-order valence-electron chi connectivity index (χ1n) is 4.69. The molecule has 1 unspecified atom stereocenters. The molecular formula is C10H14Cl2N2O. The molecule has 0 bridgehead atoms. The third kappa shape index (κ3) is 4.69. The van der Waals surface area contributed by atoms with Gasteiger partial charge in [0.15, 0.2) is 0 Å². The molecule has 1 heterocycles. The molecule has 3 nitrogen and oxygen atoms in total. The Balaban J connectivity index is 2.53. The molecule has 0 amide bonds. The van der Waals surface area contributed by atoms with Crippen LogP contribution in [0.1, 0.15) is 6.42 Å². The fraction of sp³-hybridized carbons (Fsp3) is 0.500. The minimum absolute atomic E-state index is 0.182. The zero-order valence-electron chi connectivity index (χ0n) is 8.54. The minimum Gasteiger partial charge on any atom is -0.383 e. The van der Waals surface area contributed by atoms with Gasteiger partial charge in [-0.05, 0) is 18.6 Å². The molecule has 0 radical (unpaired) electrons. The van der Waals surface area contributed by atoms with E-state index < -0.39 is 0 Å². The van der Waals surface area contributed by atoms with Gasteiger partial charge in [-0.25, -0.2) is 4.98 Å². The predicted molar refractivity (Wildman–Crippen MR) is 63.9 cm³/mol. The van der Waals surface area contributed by atoms with E-state index in [2.05, 4.69) is 10.3 Å². The molecule has 1 atom stereocenters. The lowest BCUT2D eigenvalue weighted by Crippen LogP contribution is -2.25. The quantitative estimate of drug-likeness (QED) is 0.787. The van der Waals surface area contributed by atoms with Gasteiger partial charge in [0.2, 0.25) is 0 Å². The summed E-state index contributed by atoms with van der Waals surface area (Å²) in [4.78, 5) is 4.14. The molecule has 0 saturated heterocycles. The second-order valence-electron chi connectivity index (χ2n) is 3.14. The third-order valence-electron chi connectivity index (χ3n) is 1.90. The molecule has 0 aliphatic heterocycles. The van der Waals surface area contributed by atoms with E-state index in [1.165, 1.54) is 0 Å². The number of nitrogens with one attached hydrogen (secondary N) is 1. The van der Waals surface area contributed by atoms with Gasteiger partial charge in [-0.3, -0.25) is 0 Å². The summed E-state index contributed by atoms with van der Waals surface area (Å²) in [5, 5.41) is 3.85. The van der Waals surface area contributed by atoms with Gasteiger partial charge in [-0.15, -0.1) is 11.6 Å². The summed E-state index contributed by atoms with van der Waals surface area (Å²) in [7, 11) is 1.66. The molecule has 1 rings (SSSR count). The molecule has 15 heavy (non-hydrogen) atoms. The van der Waals surface area contributed by atoms with Crippen molar-refractivity contribution in [2.45, 2.75) is 12.5 Å². The Labute approximate surface area is 99.7 Å². The Kier molecular flexibility index (Phi) is 5.76. The van der Waals surface area contributed by atoms with Crippen molar-refractivity contribution in [2.75, 3.05) is 24.9 Å². The smallest absolute Gasteiger partial charge is 0.126 e. The molecule has 0 spiro atoms. The fourth-order valence-corrected chi connectivity index (χ4v) is 1.58. The van der Waals surface area contributed by atoms with Gasteiger partial charge in [-0.2, -0.15) is 0 Å². The van der Waals surface area contributed by atoms with Crippen LogP contribution in [0.15, 0.2) is 18.3 Å². The van der Waals surface area contributed by atoms with Crippen LogP contribution >= 0.6 is 23.2 Å². The van der Waals surface area contributed by atoms with Crippen molar-refractivity contribution in [1.29, 1.82) is 0 Å². The summed E-state index contributed by atoms with van der Waals surface area (Å²) in [5.41, 5.74) is 0. The molecule has 0 aliphatic carbocycles. The average molecular weight is 249 g/mol. The number of anilines is 1. The standard InChI is InChI=1S/C10H14Cl2N2O/c1-15-7-9(4-5-11)14-10-3-2-8(12)6-13-10/h2-3,6,9H,4-5,7H2,1H3,(H,13,14). The van der Waals surface area contributed by atoms with Gasteiger partial charge in [0.25, 0.3) is 0 Å². The Morgan fingerprint density at radius 3 is 2.87 bits per heavy atom. The number of hydrogen-bond acceptors (Lipinski definition) is 3. The predicted octanol–water partition coefficient (Wildman–Crippen LogP) is 2.79. The number of methoxy groups -OCH3 is 1. The monoisotopic (exact) mass is 248 g/mol. The maximum Gasteiger partial charge on any atom is 0.126 e. The molecule has 0 saturated carbocycles. The third-order valence-corrected chi connectivity index (χ3v) is 2.35. The van der Waals surface area contributed by atoms with Crippen molar-refractivity contribution in [3.05, 3.63) is 23.4 Å². The number of ether oxygens (including phenoxy) is 1. The number of pyridine rings is 1. The molecule has 1 aromatic heterocycles. The molecule has 0 aromatic carbocycles. The maximum atomic E-state index is 5.73. The van der Waals surface area contributed by atoms with Crippen LogP contribution in [0.4, 0.5) is 5.82 Å². The first kappa shape index (κ1) is 12.6. The molecule has 1 aromatic rings. The van der Waals surface area contributed by atoms with Crippen LogP contribution < -0.4 is 5.32 Å². The van der Waals surface area contributed by atoms with E-state index in [4.69, 9.17) is 27.9 Å². The Bertz CT molecular complexity index is 273. The molecule has 84 valence electrons. The van der Waals surface area contributed by atoms with E-state index in [0.29, 0.717) is 17.5 Å². The second kappa shape index (κ2) is 6.88. The lowest BCUT2D eigenvalue weighted by molar-refractivity contribution is 0.184. The van der Waals surface area contributed by atoms with Crippen LogP contribution in [0, 0.1) is 0 Å². The number of nitrogens with zero attached hydrogens (tertiary/aromatic N) is 1. The topological polar surface area (TPSA) is 34.1 Å². The molecule has 1 N–H and O–H groups in total. The van der Waals surface area contributed by atoms with Crippen LogP contribution in [-0.2, 0) is 4.74 Å². The lowest BCUT2D eigenvalue weighted by Gasteiger charge is -2.17. The molecule has 0 fully saturated rings. The highest BCUT2D eigenvalue weighted by atomic mass is 35.5. The van der Waals surface area contributed by atoms with Crippen LogP contribution in [0.3, 0.4) is 0 Å². The Morgan fingerprint density at radius 1 is 1.53 bits per heavy atom. The summed E-state index contributed by atoms with van der Waals surface area (Å²) in [6, 6.07) is 3.81. The SMILES string of the molecule is COCC(CCCl)Nc1ccc(Cl)cn1. The fourth-order valence-electron chi connectivity index (χ4n) is 1.20. The van der Waals surface area contributed by atoms with Gasteiger partial charge in [0.1, 0.15) is 5.82 Å². The summed E-state index contributed by atoms with van der Waals surface area (Å²) < 4.78 is 5.08. The van der Waals surface area contributed by atoms with Crippen molar-refractivity contribution in [1.82, 2.24) is 4.98 Å². The zero-order chi connectivity index (χ0) is 11.1. The van der Waals surface area contributed by atoms with E-state index in [1.54, 1.807) is 19.4 Å². The normalized spacial score (nSPS) is 12.5. The Morgan fingerprint density at radius 2 is 2.33 bits per heavy atom. The van der Waals surface area contributed by atoms with Crippen LogP contribution in [0.25, 0.3) is 0 Å². The van der Waals surface area contributed by atoms with Gasteiger partial charge in [0.05, 0.1) is 17.7 Å². The minimum atomic E-state index is 0.182. The van der Waals surface area contributed by atoms with Crippen molar-refractivity contribution >= 4 is 29.0 Å². The number of hydrogen-bond donors (Lipinski definition) is 1.